The molecule has 53 heavy (non-hydrogen) atoms. The largest absolute Gasteiger partial charge is 0.316 e. The minimum Gasteiger partial charge on any atom is -0.316 e. The van der Waals surface area contributed by atoms with E-state index in [1.54, 1.807) is 0 Å². The predicted molar refractivity (Wildman–Crippen MR) is 223 cm³/mol. The minimum absolute atomic E-state index is 1.10. The van der Waals surface area contributed by atoms with Gasteiger partial charge in [0.25, 0.3) is 0 Å². The van der Waals surface area contributed by atoms with Crippen molar-refractivity contribution in [3.05, 3.63) is 212 Å². The van der Waals surface area contributed by atoms with Crippen molar-refractivity contribution in [3.8, 4) is 33.6 Å². The van der Waals surface area contributed by atoms with Crippen LogP contribution in [0.25, 0.3) is 66.3 Å². The van der Waals surface area contributed by atoms with E-state index in [-0.39, 0.29) is 0 Å². The molecule has 0 aliphatic rings. The van der Waals surface area contributed by atoms with Gasteiger partial charge in [0.15, 0.2) is 0 Å². The van der Waals surface area contributed by atoms with Gasteiger partial charge in [0, 0.05) is 50.8 Å². The molecule has 10 rings (SSSR count). The Bertz CT molecular complexity index is 2750. The van der Waals surface area contributed by atoms with Gasteiger partial charge >= 0.3 is 0 Å². The molecule has 3 nitrogen and oxygen atoms in total. The fourth-order valence-electron chi connectivity index (χ4n) is 7.83. The number of hydrogen-bond acceptors (Lipinski definition) is 1. The minimum atomic E-state index is 1.10. The molecule has 0 saturated heterocycles. The molecule has 2 heterocycles. The second-order valence-electron chi connectivity index (χ2n) is 13.4. The zero-order valence-corrected chi connectivity index (χ0v) is 29.0. The van der Waals surface area contributed by atoms with Crippen molar-refractivity contribution < 1.29 is 0 Å². The van der Waals surface area contributed by atoms with E-state index in [1.807, 2.05) is 0 Å². The monoisotopic (exact) mass is 677 g/mol. The summed E-state index contributed by atoms with van der Waals surface area (Å²) in [6, 6.07) is 74.1. The van der Waals surface area contributed by atoms with E-state index in [1.165, 1.54) is 55.0 Å². The summed E-state index contributed by atoms with van der Waals surface area (Å²) in [5.41, 5.74) is 14.0. The molecule has 0 bridgehead atoms. The Morgan fingerprint density at radius 2 is 0.792 bits per heavy atom. The third kappa shape index (κ3) is 5.38. The maximum Gasteiger partial charge on any atom is 0.0635 e. The fraction of sp³-hybridized carbons (Fsp3) is 0. The first-order chi connectivity index (χ1) is 26.3. The molecule has 10 aromatic rings. The zero-order valence-electron chi connectivity index (χ0n) is 29.0. The molecule has 0 amide bonds. The highest BCUT2D eigenvalue weighted by atomic mass is 15.1. The first kappa shape index (κ1) is 30.7. The molecule has 0 aliphatic carbocycles. The summed E-state index contributed by atoms with van der Waals surface area (Å²) in [7, 11) is 0. The molecule has 250 valence electrons. The van der Waals surface area contributed by atoms with E-state index in [9.17, 15) is 0 Å². The van der Waals surface area contributed by atoms with Crippen molar-refractivity contribution in [1.82, 2.24) is 9.13 Å². The Balaban J connectivity index is 1.17. The fourth-order valence-corrected chi connectivity index (χ4v) is 7.83. The highest BCUT2D eigenvalue weighted by molar-refractivity contribution is 6.19. The maximum atomic E-state index is 2.43. The third-order valence-corrected chi connectivity index (χ3v) is 10.4. The Morgan fingerprint density at radius 3 is 1.36 bits per heavy atom. The summed E-state index contributed by atoms with van der Waals surface area (Å²) in [5, 5.41) is 3.66. The molecule has 0 saturated carbocycles. The van der Waals surface area contributed by atoms with Crippen LogP contribution in [0, 0.1) is 0 Å². The number of fused-ring (bicyclic) bond motifs is 5. The van der Waals surface area contributed by atoms with Crippen LogP contribution in [0.1, 0.15) is 0 Å². The lowest BCUT2D eigenvalue weighted by Crippen LogP contribution is -2.10. The number of aromatic nitrogens is 2. The number of rotatable bonds is 7. The standard InChI is InChI=1S/C50H35N3/c1-5-13-36(14-6-1)38-21-25-42(26-22-38)52(43-27-23-39(24-28-43)37-15-7-2-8-16-37)44-29-31-49-47(35-44)45-30-32-48-46(33-34-51(48)40-17-9-3-10-18-40)50(45)53(49)41-19-11-4-12-20-41/h1-35H. The average molecular weight is 678 g/mol. The number of benzene rings is 8. The van der Waals surface area contributed by atoms with E-state index in [4.69, 9.17) is 0 Å². The second kappa shape index (κ2) is 12.9. The van der Waals surface area contributed by atoms with Gasteiger partial charge in [-0.2, -0.15) is 0 Å². The van der Waals surface area contributed by atoms with Crippen molar-refractivity contribution >= 4 is 49.8 Å². The van der Waals surface area contributed by atoms with E-state index in [0.29, 0.717) is 0 Å². The van der Waals surface area contributed by atoms with E-state index >= 15 is 0 Å². The normalized spacial score (nSPS) is 11.4. The smallest absolute Gasteiger partial charge is 0.0635 e. The molecule has 2 aromatic heterocycles. The molecule has 0 N–H and O–H groups in total. The van der Waals surface area contributed by atoms with Crippen molar-refractivity contribution in [3.63, 3.8) is 0 Å². The van der Waals surface area contributed by atoms with Crippen LogP contribution in [0.4, 0.5) is 17.1 Å². The van der Waals surface area contributed by atoms with Crippen LogP contribution < -0.4 is 4.90 Å². The highest BCUT2D eigenvalue weighted by Crippen LogP contribution is 2.42. The summed E-state index contributed by atoms with van der Waals surface area (Å²) in [4.78, 5) is 2.37. The van der Waals surface area contributed by atoms with Crippen molar-refractivity contribution in [2.24, 2.45) is 0 Å². The quantitative estimate of drug-likeness (QED) is 0.164. The van der Waals surface area contributed by atoms with E-state index in [2.05, 4.69) is 226 Å². The van der Waals surface area contributed by atoms with E-state index in [0.717, 1.165) is 28.4 Å². The Labute approximate surface area is 308 Å². The topological polar surface area (TPSA) is 13.1 Å². The first-order valence-electron chi connectivity index (χ1n) is 18.1. The molecular formula is C50H35N3. The van der Waals surface area contributed by atoms with Crippen LogP contribution >= 0.6 is 0 Å². The number of anilines is 3. The Kier molecular flexibility index (Phi) is 7.47. The molecule has 3 heteroatoms. The van der Waals surface area contributed by atoms with Crippen LogP contribution in [0.5, 0.6) is 0 Å². The summed E-state index contributed by atoms with van der Waals surface area (Å²) in [6.45, 7) is 0. The highest BCUT2D eigenvalue weighted by Gasteiger charge is 2.20. The molecule has 0 atom stereocenters. The van der Waals surface area contributed by atoms with Crippen LogP contribution in [0.15, 0.2) is 212 Å². The van der Waals surface area contributed by atoms with Crippen LogP contribution in [0.3, 0.4) is 0 Å². The number of nitrogens with zero attached hydrogens (tertiary/aromatic N) is 3. The second-order valence-corrected chi connectivity index (χ2v) is 13.4. The molecule has 0 spiro atoms. The SMILES string of the molecule is c1ccc(-c2ccc(N(c3ccc(-c4ccccc4)cc3)c3ccc4c(c3)c3ccc5c(ccn5-c5ccccc5)c3n4-c3ccccc3)cc2)cc1. The third-order valence-electron chi connectivity index (χ3n) is 10.4. The molecular weight excluding hydrogens is 643 g/mol. The van der Waals surface area contributed by atoms with Crippen molar-refractivity contribution in [1.29, 1.82) is 0 Å². The van der Waals surface area contributed by atoms with Gasteiger partial charge in [-0.1, -0.05) is 127 Å². The van der Waals surface area contributed by atoms with Crippen LogP contribution in [-0.4, -0.2) is 9.13 Å². The van der Waals surface area contributed by atoms with Gasteiger partial charge in [-0.3, -0.25) is 0 Å². The van der Waals surface area contributed by atoms with Gasteiger partial charge in [0.2, 0.25) is 0 Å². The van der Waals surface area contributed by atoms with Gasteiger partial charge in [0.1, 0.15) is 0 Å². The van der Waals surface area contributed by atoms with Crippen LogP contribution in [0.2, 0.25) is 0 Å². The molecule has 0 aliphatic heterocycles. The Morgan fingerprint density at radius 1 is 0.321 bits per heavy atom. The van der Waals surface area contributed by atoms with Crippen molar-refractivity contribution in [2.75, 3.05) is 4.90 Å². The molecule has 0 fully saturated rings. The van der Waals surface area contributed by atoms with Gasteiger partial charge in [-0.25, -0.2) is 0 Å². The van der Waals surface area contributed by atoms with Gasteiger partial charge < -0.3 is 14.0 Å². The van der Waals surface area contributed by atoms with Gasteiger partial charge in [-0.05, 0) is 101 Å². The summed E-state index contributed by atoms with van der Waals surface area (Å²) in [6.07, 6.45) is 2.19. The van der Waals surface area contributed by atoms with E-state index < -0.39 is 0 Å². The number of hydrogen-bond donors (Lipinski definition) is 0. The molecule has 0 unspecified atom stereocenters. The van der Waals surface area contributed by atoms with Crippen molar-refractivity contribution in [2.45, 2.75) is 0 Å². The van der Waals surface area contributed by atoms with Crippen LogP contribution in [-0.2, 0) is 0 Å². The lowest BCUT2D eigenvalue weighted by Gasteiger charge is -2.26. The lowest BCUT2D eigenvalue weighted by atomic mass is 10.0. The molecule has 8 aromatic carbocycles. The summed E-state index contributed by atoms with van der Waals surface area (Å²) < 4.78 is 4.72. The summed E-state index contributed by atoms with van der Waals surface area (Å²) >= 11 is 0. The number of para-hydroxylation sites is 2. The van der Waals surface area contributed by atoms with Gasteiger partial charge in [-0.15, -0.1) is 0 Å². The lowest BCUT2D eigenvalue weighted by molar-refractivity contribution is 1.13. The Hall–Kier alpha value is -7.10. The first-order valence-corrected chi connectivity index (χ1v) is 18.1. The molecule has 0 radical (unpaired) electrons. The average Bonchev–Trinajstić information content (AvgIpc) is 3.82. The zero-order chi connectivity index (χ0) is 35.1. The predicted octanol–water partition coefficient (Wildman–Crippen LogP) is 13.5. The summed E-state index contributed by atoms with van der Waals surface area (Å²) in [5.74, 6) is 0. The maximum absolute atomic E-state index is 2.43. The van der Waals surface area contributed by atoms with Gasteiger partial charge in [0.05, 0.1) is 16.6 Å².